The van der Waals surface area contributed by atoms with Crippen LogP contribution < -0.4 is 9.47 Å². The number of rotatable bonds is 9. The summed E-state index contributed by atoms with van der Waals surface area (Å²) in [4.78, 5) is 37.4. The molecule has 9 heteroatoms. The second-order valence-electron chi connectivity index (χ2n) is 6.63. The van der Waals surface area contributed by atoms with Crippen molar-refractivity contribution in [3.63, 3.8) is 0 Å². The fourth-order valence-electron chi connectivity index (χ4n) is 2.99. The third-order valence-electron chi connectivity index (χ3n) is 4.48. The zero-order valence-corrected chi connectivity index (χ0v) is 19.1. The average Bonchev–Trinajstić information content (AvgIpc) is 3.01. The molecule has 0 unspecified atom stereocenters. The largest absolute Gasteiger partial charge is 0.493 e. The maximum atomic E-state index is 12.8. The Kier molecular flexibility index (Phi) is 7.75. The predicted molar refractivity (Wildman–Crippen MR) is 121 cm³/mol. The molecule has 2 aromatic rings. The van der Waals surface area contributed by atoms with Crippen molar-refractivity contribution in [3.8, 4) is 11.5 Å². The van der Waals surface area contributed by atoms with Crippen LogP contribution in [0.2, 0.25) is 0 Å². The summed E-state index contributed by atoms with van der Waals surface area (Å²) < 4.78 is 11.1. The molecule has 1 aliphatic heterocycles. The highest BCUT2D eigenvalue weighted by molar-refractivity contribution is 9.10. The minimum absolute atomic E-state index is 0.253. The Balaban J connectivity index is 1.72. The highest BCUT2D eigenvalue weighted by Crippen LogP contribution is 2.38. The van der Waals surface area contributed by atoms with Gasteiger partial charge in [-0.2, -0.15) is 0 Å². The number of ether oxygens (including phenoxy) is 2. The van der Waals surface area contributed by atoms with Crippen LogP contribution in [0.15, 0.2) is 51.8 Å². The molecule has 1 heterocycles. The number of amides is 2. The van der Waals surface area contributed by atoms with E-state index in [9.17, 15) is 14.4 Å². The molecule has 1 aliphatic rings. The van der Waals surface area contributed by atoms with Crippen molar-refractivity contribution >= 4 is 50.9 Å². The standard InChI is InChI=1S/C22H20BrNO6S/c1-29-17-10-15(16(23)12-18(17)30-13-20(25)26)11-19-21(27)24(22(28)31-19)9-5-8-14-6-3-2-4-7-14/h2-4,6-7,10-12H,5,8-9,13H2,1H3,(H,25,26)/b19-11+. The van der Waals surface area contributed by atoms with Crippen molar-refractivity contribution in [2.75, 3.05) is 20.3 Å². The number of hydrogen-bond donors (Lipinski definition) is 1. The molecule has 0 saturated carbocycles. The minimum atomic E-state index is -1.11. The number of hydrogen-bond acceptors (Lipinski definition) is 6. The second-order valence-corrected chi connectivity index (χ2v) is 8.48. The maximum Gasteiger partial charge on any atom is 0.341 e. The third-order valence-corrected chi connectivity index (χ3v) is 6.08. The quantitative estimate of drug-likeness (QED) is 0.498. The van der Waals surface area contributed by atoms with E-state index in [0.29, 0.717) is 33.7 Å². The van der Waals surface area contributed by atoms with Gasteiger partial charge in [-0.3, -0.25) is 14.5 Å². The number of imide groups is 1. The van der Waals surface area contributed by atoms with E-state index in [0.717, 1.165) is 23.7 Å². The molecule has 0 radical (unpaired) electrons. The summed E-state index contributed by atoms with van der Waals surface area (Å²) in [5, 5.41) is 8.50. The number of benzene rings is 2. The molecular formula is C22H20BrNO6S. The zero-order valence-electron chi connectivity index (χ0n) is 16.7. The molecule has 2 amide bonds. The zero-order chi connectivity index (χ0) is 22.4. The first-order valence-electron chi connectivity index (χ1n) is 9.40. The molecule has 0 aliphatic carbocycles. The molecule has 2 aromatic carbocycles. The van der Waals surface area contributed by atoms with Crippen LogP contribution >= 0.6 is 27.7 Å². The van der Waals surface area contributed by atoms with Gasteiger partial charge in [-0.25, -0.2) is 4.79 Å². The summed E-state index contributed by atoms with van der Waals surface area (Å²) in [6.07, 6.45) is 3.07. The van der Waals surface area contributed by atoms with Gasteiger partial charge in [0.2, 0.25) is 0 Å². The van der Waals surface area contributed by atoms with Crippen LogP contribution in [0.25, 0.3) is 6.08 Å². The summed E-state index contributed by atoms with van der Waals surface area (Å²) in [5.41, 5.74) is 1.76. The lowest BCUT2D eigenvalue weighted by atomic mass is 10.1. The van der Waals surface area contributed by atoms with E-state index < -0.39 is 12.6 Å². The summed E-state index contributed by atoms with van der Waals surface area (Å²) in [6, 6.07) is 13.1. The van der Waals surface area contributed by atoms with Crippen LogP contribution in [-0.4, -0.2) is 47.4 Å². The topological polar surface area (TPSA) is 93.1 Å². The molecule has 1 fully saturated rings. The first-order chi connectivity index (χ1) is 14.9. The van der Waals surface area contributed by atoms with E-state index >= 15 is 0 Å². The van der Waals surface area contributed by atoms with Crippen LogP contribution in [0.1, 0.15) is 17.5 Å². The van der Waals surface area contributed by atoms with Crippen molar-refractivity contribution in [3.05, 3.63) is 63.0 Å². The molecular weight excluding hydrogens is 486 g/mol. The highest BCUT2D eigenvalue weighted by atomic mass is 79.9. The predicted octanol–water partition coefficient (Wildman–Crippen LogP) is 4.59. The Hall–Kier alpha value is -2.78. The number of carboxylic acids is 1. The number of halogens is 1. The van der Waals surface area contributed by atoms with Gasteiger partial charge in [0.05, 0.1) is 12.0 Å². The molecule has 162 valence electrons. The molecule has 0 aromatic heterocycles. The molecule has 0 atom stereocenters. The van der Waals surface area contributed by atoms with Crippen molar-refractivity contribution in [1.82, 2.24) is 4.90 Å². The van der Waals surface area contributed by atoms with Gasteiger partial charge < -0.3 is 14.6 Å². The monoisotopic (exact) mass is 505 g/mol. The van der Waals surface area contributed by atoms with Crippen LogP contribution in [0, 0.1) is 0 Å². The van der Waals surface area contributed by atoms with Crippen LogP contribution in [0.3, 0.4) is 0 Å². The van der Waals surface area contributed by atoms with Gasteiger partial charge in [-0.05, 0) is 53.9 Å². The Morgan fingerprint density at radius 1 is 1.19 bits per heavy atom. The number of nitrogens with zero attached hydrogens (tertiary/aromatic N) is 1. The second kappa shape index (κ2) is 10.5. The van der Waals surface area contributed by atoms with Crippen molar-refractivity contribution in [2.45, 2.75) is 12.8 Å². The SMILES string of the molecule is COc1cc(/C=C2/SC(=O)N(CCCc3ccccc3)C2=O)c(Br)cc1OCC(=O)O. The van der Waals surface area contributed by atoms with E-state index in [1.165, 1.54) is 12.0 Å². The van der Waals surface area contributed by atoms with Gasteiger partial charge in [0.25, 0.3) is 11.1 Å². The summed E-state index contributed by atoms with van der Waals surface area (Å²) in [6.45, 7) is -0.159. The lowest BCUT2D eigenvalue weighted by Crippen LogP contribution is -2.29. The lowest BCUT2D eigenvalue weighted by Gasteiger charge is -2.12. The Morgan fingerprint density at radius 2 is 1.94 bits per heavy atom. The van der Waals surface area contributed by atoms with Crippen LogP contribution in [0.4, 0.5) is 4.79 Å². The van der Waals surface area contributed by atoms with Crippen molar-refractivity contribution < 1.29 is 29.0 Å². The molecule has 7 nitrogen and oxygen atoms in total. The van der Waals surface area contributed by atoms with Gasteiger partial charge in [-0.1, -0.05) is 46.3 Å². The summed E-state index contributed by atoms with van der Waals surface area (Å²) in [5.74, 6) is -0.871. The van der Waals surface area contributed by atoms with E-state index in [1.54, 1.807) is 18.2 Å². The fraction of sp³-hybridized carbons (Fsp3) is 0.227. The number of aliphatic carboxylic acids is 1. The smallest absolute Gasteiger partial charge is 0.341 e. The molecule has 0 spiro atoms. The number of methoxy groups -OCH3 is 1. The molecule has 0 bridgehead atoms. The normalized spacial score (nSPS) is 14.9. The lowest BCUT2D eigenvalue weighted by molar-refractivity contribution is -0.139. The number of thioether (sulfide) groups is 1. The minimum Gasteiger partial charge on any atom is -0.493 e. The number of carboxylic acid groups (broad SMARTS) is 1. The Morgan fingerprint density at radius 3 is 2.61 bits per heavy atom. The number of carbonyl (C=O) groups excluding carboxylic acids is 2. The molecule has 31 heavy (non-hydrogen) atoms. The fourth-order valence-corrected chi connectivity index (χ4v) is 4.29. The van der Waals surface area contributed by atoms with E-state index in [2.05, 4.69) is 15.9 Å². The van der Waals surface area contributed by atoms with E-state index in [4.69, 9.17) is 14.6 Å². The van der Waals surface area contributed by atoms with Crippen LogP contribution in [0.5, 0.6) is 11.5 Å². The third kappa shape index (κ3) is 5.89. The maximum absolute atomic E-state index is 12.8. The summed E-state index contributed by atoms with van der Waals surface area (Å²) in [7, 11) is 1.43. The van der Waals surface area contributed by atoms with Gasteiger partial charge >= 0.3 is 5.97 Å². The molecule has 1 saturated heterocycles. The Labute approximate surface area is 192 Å². The first-order valence-corrected chi connectivity index (χ1v) is 11.0. The number of carbonyl (C=O) groups is 3. The van der Waals surface area contributed by atoms with Gasteiger partial charge in [-0.15, -0.1) is 0 Å². The molecule has 1 N–H and O–H groups in total. The van der Waals surface area contributed by atoms with Crippen molar-refractivity contribution in [2.24, 2.45) is 0 Å². The van der Waals surface area contributed by atoms with Gasteiger partial charge in [0, 0.05) is 11.0 Å². The summed E-state index contributed by atoms with van der Waals surface area (Å²) >= 11 is 4.29. The van der Waals surface area contributed by atoms with Gasteiger partial charge in [0.15, 0.2) is 18.1 Å². The first kappa shape index (κ1) is 22.9. The van der Waals surface area contributed by atoms with E-state index in [-0.39, 0.29) is 16.9 Å². The number of aryl methyl sites for hydroxylation is 1. The van der Waals surface area contributed by atoms with Crippen molar-refractivity contribution in [1.29, 1.82) is 0 Å². The average molecular weight is 506 g/mol. The van der Waals surface area contributed by atoms with Crippen LogP contribution in [-0.2, 0) is 16.0 Å². The highest BCUT2D eigenvalue weighted by Gasteiger charge is 2.34. The van der Waals surface area contributed by atoms with Gasteiger partial charge in [0.1, 0.15) is 0 Å². The Bertz CT molecular complexity index is 1020. The molecule has 3 rings (SSSR count). The van der Waals surface area contributed by atoms with E-state index in [1.807, 2.05) is 30.3 Å².